The van der Waals surface area contributed by atoms with Crippen LogP contribution < -0.4 is 15.1 Å². The van der Waals surface area contributed by atoms with Gasteiger partial charge in [0.05, 0.1) is 7.11 Å². The molecule has 0 saturated heterocycles. The van der Waals surface area contributed by atoms with Crippen LogP contribution in [0, 0.1) is 6.92 Å². The van der Waals surface area contributed by atoms with Crippen LogP contribution in [0.3, 0.4) is 0 Å². The number of ketones is 1. The Morgan fingerprint density at radius 3 is 2.62 bits per heavy atom. The lowest BCUT2D eigenvalue weighted by molar-refractivity contribution is 0.101. The first-order chi connectivity index (χ1) is 12.4. The highest BCUT2D eigenvalue weighted by atomic mass is 35.5. The van der Waals surface area contributed by atoms with Crippen molar-refractivity contribution in [2.24, 2.45) is 0 Å². The molecule has 0 fully saturated rings. The number of methoxy groups -OCH3 is 1. The molecular formula is C20H17ClO5. The lowest BCUT2D eigenvalue weighted by Crippen LogP contribution is -2.05. The second-order valence-electron chi connectivity index (χ2n) is 5.90. The molecule has 0 N–H and O–H groups in total. The maximum Gasteiger partial charge on any atom is 0.336 e. The van der Waals surface area contributed by atoms with Crippen LogP contribution >= 0.6 is 11.6 Å². The fraction of sp³-hybridized carbons (Fsp3) is 0.200. The number of rotatable bonds is 5. The molecule has 0 unspecified atom stereocenters. The zero-order valence-corrected chi connectivity index (χ0v) is 15.3. The lowest BCUT2D eigenvalue weighted by Gasteiger charge is -2.13. The summed E-state index contributed by atoms with van der Waals surface area (Å²) in [7, 11) is 1.50. The number of carbonyl (C=O) groups is 1. The monoisotopic (exact) mass is 372 g/mol. The minimum absolute atomic E-state index is 0.0634. The summed E-state index contributed by atoms with van der Waals surface area (Å²) >= 11 is 6.20. The van der Waals surface area contributed by atoms with E-state index in [9.17, 15) is 9.59 Å². The van der Waals surface area contributed by atoms with Crippen molar-refractivity contribution < 1.29 is 18.7 Å². The van der Waals surface area contributed by atoms with E-state index in [-0.39, 0.29) is 12.4 Å². The van der Waals surface area contributed by atoms with E-state index in [1.807, 2.05) is 6.92 Å². The van der Waals surface area contributed by atoms with Gasteiger partial charge in [-0.2, -0.15) is 0 Å². The summed E-state index contributed by atoms with van der Waals surface area (Å²) in [6.07, 6.45) is 0. The Labute approximate surface area is 155 Å². The summed E-state index contributed by atoms with van der Waals surface area (Å²) < 4.78 is 16.4. The Bertz CT molecular complexity index is 1050. The number of hydrogen-bond acceptors (Lipinski definition) is 5. The predicted octanol–water partition coefficient (Wildman–Crippen LogP) is 4.55. The van der Waals surface area contributed by atoms with Gasteiger partial charge in [0, 0.05) is 27.6 Å². The fourth-order valence-corrected chi connectivity index (χ4v) is 2.79. The van der Waals surface area contributed by atoms with Crippen LogP contribution in [0.4, 0.5) is 0 Å². The van der Waals surface area contributed by atoms with E-state index in [4.69, 9.17) is 25.5 Å². The van der Waals surface area contributed by atoms with E-state index >= 15 is 0 Å². The first-order valence-electron chi connectivity index (χ1n) is 7.93. The van der Waals surface area contributed by atoms with Crippen molar-refractivity contribution in [1.82, 2.24) is 0 Å². The van der Waals surface area contributed by atoms with Gasteiger partial charge < -0.3 is 13.9 Å². The molecule has 1 heterocycles. The van der Waals surface area contributed by atoms with E-state index in [2.05, 4.69) is 0 Å². The van der Waals surface area contributed by atoms with Gasteiger partial charge >= 0.3 is 5.63 Å². The summed E-state index contributed by atoms with van der Waals surface area (Å²) in [6.45, 7) is 3.44. The second kappa shape index (κ2) is 7.22. The Balaban J connectivity index is 1.96. The molecule has 2 aromatic carbocycles. The normalized spacial score (nSPS) is 10.8. The average molecular weight is 373 g/mol. The van der Waals surface area contributed by atoms with Gasteiger partial charge in [0.2, 0.25) is 0 Å². The Morgan fingerprint density at radius 2 is 1.92 bits per heavy atom. The molecule has 0 aliphatic rings. The molecule has 0 bridgehead atoms. The van der Waals surface area contributed by atoms with Crippen LogP contribution in [-0.4, -0.2) is 12.9 Å². The molecule has 0 spiro atoms. The Kier molecular flexibility index (Phi) is 5.00. The molecule has 0 aliphatic carbocycles. The molecule has 0 amide bonds. The standard InChI is InChI=1S/C20H17ClO5/c1-11-6-18-15(9-16(11)21)14(8-20(23)26-18)10-25-17-5-4-13(12(2)22)7-19(17)24-3/h4-9H,10H2,1-3H3. The summed E-state index contributed by atoms with van der Waals surface area (Å²) in [5, 5.41) is 1.29. The van der Waals surface area contributed by atoms with Crippen LogP contribution in [0.1, 0.15) is 28.4 Å². The van der Waals surface area contributed by atoms with Gasteiger partial charge in [0.25, 0.3) is 0 Å². The van der Waals surface area contributed by atoms with Crippen LogP contribution in [0.2, 0.25) is 5.02 Å². The average Bonchev–Trinajstić information content (AvgIpc) is 2.60. The number of fused-ring (bicyclic) bond motifs is 1. The summed E-state index contributed by atoms with van der Waals surface area (Å²) in [4.78, 5) is 23.3. The second-order valence-corrected chi connectivity index (χ2v) is 6.31. The summed E-state index contributed by atoms with van der Waals surface area (Å²) in [5.74, 6) is 0.850. The van der Waals surface area contributed by atoms with Crippen molar-refractivity contribution in [2.75, 3.05) is 7.11 Å². The molecule has 134 valence electrons. The fourth-order valence-electron chi connectivity index (χ4n) is 2.63. The van der Waals surface area contributed by atoms with E-state index in [0.717, 1.165) is 5.56 Å². The maximum absolute atomic E-state index is 11.8. The summed E-state index contributed by atoms with van der Waals surface area (Å²) in [6, 6.07) is 9.81. The molecule has 0 aliphatic heterocycles. The van der Waals surface area contributed by atoms with Gasteiger partial charge in [0.15, 0.2) is 17.3 Å². The molecule has 5 nitrogen and oxygen atoms in total. The molecule has 0 saturated carbocycles. The lowest BCUT2D eigenvalue weighted by atomic mass is 10.1. The quantitative estimate of drug-likeness (QED) is 0.485. The van der Waals surface area contributed by atoms with Crippen LogP contribution in [0.15, 0.2) is 45.6 Å². The number of ether oxygens (including phenoxy) is 2. The van der Waals surface area contributed by atoms with Gasteiger partial charge in [-0.05, 0) is 49.7 Å². The molecule has 3 aromatic rings. The molecular weight excluding hydrogens is 356 g/mol. The first kappa shape index (κ1) is 18.0. The zero-order chi connectivity index (χ0) is 18.8. The number of hydrogen-bond donors (Lipinski definition) is 0. The first-order valence-corrected chi connectivity index (χ1v) is 8.31. The largest absolute Gasteiger partial charge is 0.493 e. The van der Waals surface area contributed by atoms with Crippen molar-refractivity contribution in [3.05, 3.63) is 68.5 Å². The van der Waals surface area contributed by atoms with Gasteiger partial charge in [-0.1, -0.05) is 11.6 Å². The third-order valence-electron chi connectivity index (χ3n) is 4.06. The van der Waals surface area contributed by atoms with Gasteiger partial charge in [-0.15, -0.1) is 0 Å². The third-order valence-corrected chi connectivity index (χ3v) is 4.47. The number of Topliss-reactive ketones (excluding diaryl/α,β-unsaturated/α-hetero) is 1. The van der Waals surface area contributed by atoms with Crippen molar-refractivity contribution in [3.63, 3.8) is 0 Å². The van der Waals surface area contributed by atoms with Gasteiger partial charge in [-0.3, -0.25) is 4.79 Å². The van der Waals surface area contributed by atoms with Crippen molar-refractivity contribution in [2.45, 2.75) is 20.5 Å². The van der Waals surface area contributed by atoms with E-state index in [1.54, 1.807) is 30.3 Å². The summed E-state index contributed by atoms with van der Waals surface area (Å²) in [5.41, 5.74) is 1.99. The Morgan fingerprint density at radius 1 is 1.15 bits per heavy atom. The zero-order valence-electron chi connectivity index (χ0n) is 14.6. The van der Waals surface area contributed by atoms with Crippen LogP contribution in [-0.2, 0) is 6.61 Å². The highest BCUT2D eigenvalue weighted by Gasteiger charge is 2.12. The molecule has 6 heteroatoms. The number of aryl methyl sites for hydroxylation is 1. The smallest absolute Gasteiger partial charge is 0.336 e. The topological polar surface area (TPSA) is 65.7 Å². The van der Waals surface area contributed by atoms with E-state index < -0.39 is 5.63 Å². The molecule has 26 heavy (non-hydrogen) atoms. The minimum Gasteiger partial charge on any atom is -0.493 e. The van der Waals surface area contributed by atoms with E-state index in [1.165, 1.54) is 20.1 Å². The van der Waals surface area contributed by atoms with E-state index in [0.29, 0.717) is 38.6 Å². The van der Waals surface area contributed by atoms with Crippen molar-refractivity contribution >= 4 is 28.4 Å². The van der Waals surface area contributed by atoms with Crippen LogP contribution in [0.5, 0.6) is 11.5 Å². The molecule has 1 aromatic heterocycles. The number of halogens is 1. The number of carbonyl (C=O) groups excluding carboxylic acids is 1. The van der Waals surface area contributed by atoms with Crippen LogP contribution in [0.25, 0.3) is 11.0 Å². The molecule has 0 atom stereocenters. The van der Waals surface area contributed by atoms with Gasteiger partial charge in [0.1, 0.15) is 12.2 Å². The van der Waals surface area contributed by atoms with Gasteiger partial charge in [-0.25, -0.2) is 4.79 Å². The predicted molar refractivity (Wildman–Crippen MR) is 99.6 cm³/mol. The third kappa shape index (κ3) is 3.58. The molecule has 0 radical (unpaired) electrons. The Hall–Kier alpha value is -2.79. The molecule has 3 rings (SSSR count). The SMILES string of the molecule is COc1cc(C(C)=O)ccc1OCc1cc(=O)oc2cc(C)c(Cl)cc12. The van der Waals surface area contributed by atoms with Crippen molar-refractivity contribution in [1.29, 1.82) is 0 Å². The van der Waals surface area contributed by atoms with Crippen molar-refractivity contribution in [3.8, 4) is 11.5 Å². The highest BCUT2D eigenvalue weighted by Crippen LogP contribution is 2.30. The minimum atomic E-state index is -0.461. The maximum atomic E-state index is 11.8. The number of benzene rings is 2. The highest BCUT2D eigenvalue weighted by molar-refractivity contribution is 6.32.